The number of alkyl halides is 2. The van der Waals surface area contributed by atoms with Crippen LogP contribution in [0.3, 0.4) is 0 Å². The number of hydrogen-bond donors (Lipinski definition) is 1. The van der Waals surface area contributed by atoms with Crippen molar-refractivity contribution in [3.8, 4) is 0 Å². The Morgan fingerprint density at radius 1 is 1.40 bits per heavy atom. The molecule has 106 valence electrons. The van der Waals surface area contributed by atoms with E-state index in [9.17, 15) is 18.9 Å². The van der Waals surface area contributed by atoms with Gasteiger partial charge >= 0.3 is 0 Å². The maximum Gasteiger partial charge on any atom is 0.270 e. The van der Waals surface area contributed by atoms with Crippen molar-refractivity contribution in [1.29, 1.82) is 0 Å². The molecule has 0 fully saturated rings. The Labute approximate surface area is 125 Å². The summed E-state index contributed by atoms with van der Waals surface area (Å²) >= 11 is 4.80. The molecule has 4 nitrogen and oxygen atoms in total. The number of thiophene rings is 1. The first-order chi connectivity index (χ1) is 9.47. The lowest BCUT2D eigenvalue weighted by Crippen LogP contribution is -2.02. The maximum absolute atomic E-state index is 12.9. The van der Waals surface area contributed by atoms with E-state index in [1.54, 1.807) is 0 Å². The first kappa shape index (κ1) is 14.9. The fourth-order valence-electron chi connectivity index (χ4n) is 1.63. The first-order valence-corrected chi connectivity index (χ1v) is 7.18. The second-order valence-electron chi connectivity index (χ2n) is 3.91. The van der Waals surface area contributed by atoms with Crippen molar-refractivity contribution < 1.29 is 13.7 Å². The van der Waals surface area contributed by atoms with E-state index in [2.05, 4.69) is 21.2 Å². The molecule has 0 atom stereocenters. The third-order valence-corrected chi connectivity index (χ3v) is 4.25. The molecule has 1 aromatic heterocycles. The van der Waals surface area contributed by atoms with Crippen LogP contribution in [-0.4, -0.2) is 4.92 Å². The zero-order valence-corrected chi connectivity index (χ0v) is 12.4. The SMILES string of the molecule is O=[N+]([O-])c1ccc(NCc2cc(Br)cs2)c(C(F)F)c1. The van der Waals surface area contributed by atoms with Crippen molar-refractivity contribution in [3.63, 3.8) is 0 Å². The molecule has 0 bridgehead atoms. The summed E-state index contributed by atoms with van der Waals surface area (Å²) in [5, 5.41) is 15.4. The number of nitrogens with one attached hydrogen (secondary N) is 1. The Morgan fingerprint density at radius 2 is 2.15 bits per heavy atom. The van der Waals surface area contributed by atoms with Gasteiger partial charge in [0.2, 0.25) is 0 Å². The third-order valence-electron chi connectivity index (χ3n) is 2.56. The van der Waals surface area contributed by atoms with Crippen LogP contribution in [0.15, 0.2) is 34.1 Å². The van der Waals surface area contributed by atoms with Gasteiger partial charge in [0.05, 0.1) is 4.92 Å². The molecule has 0 aliphatic carbocycles. The standard InChI is InChI=1S/C12H9BrF2N2O2S/c13-7-3-9(20-6-7)5-16-11-2-1-8(17(18)19)4-10(11)12(14)15/h1-4,6,12,16H,5H2. The fourth-order valence-corrected chi connectivity index (χ4v) is 3.02. The van der Waals surface area contributed by atoms with Gasteiger partial charge in [-0.15, -0.1) is 11.3 Å². The Morgan fingerprint density at radius 3 is 2.70 bits per heavy atom. The zero-order valence-electron chi connectivity index (χ0n) is 9.98. The number of halogens is 3. The smallest absolute Gasteiger partial charge is 0.270 e. The molecule has 1 heterocycles. The number of nitrogens with zero attached hydrogens (tertiary/aromatic N) is 1. The summed E-state index contributed by atoms with van der Waals surface area (Å²) < 4.78 is 26.8. The lowest BCUT2D eigenvalue weighted by molar-refractivity contribution is -0.385. The molecule has 2 aromatic rings. The van der Waals surface area contributed by atoms with Gasteiger partial charge in [0.1, 0.15) is 0 Å². The van der Waals surface area contributed by atoms with Gasteiger partial charge in [-0.1, -0.05) is 0 Å². The van der Waals surface area contributed by atoms with Crippen LogP contribution in [-0.2, 0) is 6.54 Å². The summed E-state index contributed by atoms with van der Waals surface area (Å²) in [7, 11) is 0. The van der Waals surface area contributed by atoms with Crippen LogP contribution in [0.4, 0.5) is 20.2 Å². The van der Waals surface area contributed by atoms with E-state index in [0.717, 1.165) is 15.4 Å². The van der Waals surface area contributed by atoms with E-state index in [-0.39, 0.29) is 16.9 Å². The van der Waals surface area contributed by atoms with Crippen LogP contribution in [0.5, 0.6) is 0 Å². The Bertz CT molecular complexity index is 634. The van der Waals surface area contributed by atoms with Gasteiger partial charge in [-0.25, -0.2) is 8.78 Å². The molecule has 8 heteroatoms. The minimum Gasteiger partial charge on any atom is -0.380 e. The van der Waals surface area contributed by atoms with E-state index >= 15 is 0 Å². The first-order valence-electron chi connectivity index (χ1n) is 5.50. The van der Waals surface area contributed by atoms with E-state index in [1.807, 2.05) is 11.4 Å². The molecule has 2 rings (SSSR count). The fraction of sp³-hybridized carbons (Fsp3) is 0.167. The van der Waals surface area contributed by atoms with Gasteiger partial charge in [0, 0.05) is 44.7 Å². The average molecular weight is 363 g/mol. The van der Waals surface area contributed by atoms with Crippen LogP contribution >= 0.6 is 27.3 Å². The summed E-state index contributed by atoms with van der Waals surface area (Å²) in [6.45, 7) is 0.383. The number of nitro benzene ring substituents is 1. The highest BCUT2D eigenvalue weighted by Crippen LogP contribution is 2.31. The molecule has 0 amide bonds. The highest BCUT2D eigenvalue weighted by atomic mass is 79.9. The normalized spacial score (nSPS) is 10.8. The van der Waals surface area contributed by atoms with Crippen molar-refractivity contribution in [3.05, 3.63) is 54.7 Å². The molecule has 0 saturated carbocycles. The predicted molar refractivity (Wildman–Crippen MR) is 77.4 cm³/mol. The second kappa shape index (κ2) is 6.27. The molecule has 1 N–H and O–H groups in total. The summed E-state index contributed by atoms with van der Waals surface area (Å²) in [5.74, 6) is 0. The number of rotatable bonds is 5. The maximum atomic E-state index is 12.9. The third kappa shape index (κ3) is 3.51. The van der Waals surface area contributed by atoms with E-state index < -0.39 is 11.3 Å². The molecular formula is C12H9BrF2N2O2S. The monoisotopic (exact) mass is 362 g/mol. The van der Waals surface area contributed by atoms with E-state index in [1.165, 1.54) is 23.5 Å². The van der Waals surface area contributed by atoms with E-state index in [0.29, 0.717) is 6.54 Å². The number of benzene rings is 1. The topological polar surface area (TPSA) is 55.2 Å². The highest BCUT2D eigenvalue weighted by molar-refractivity contribution is 9.10. The average Bonchev–Trinajstić information content (AvgIpc) is 2.81. The molecule has 1 aromatic carbocycles. The molecule has 0 radical (unpaired) electrons. The Balaban J connectivity index is 2.20. The van der Waals surface area contributed by atoms with Gasteiger partial charge < -0.3 is 5.32 Å². The summed E-state index contributed by atoms with van der Waals surface area (Å²) in [6.07, 6.45) is -2.77. The lowest BCUT2D eigenvalue weighted by Gasteiger charge is -2.10. The summed E-state index contributed by atoms with van der Waals surface area (Å²) in [4.78, 5) is 10.9. The molecule has 0 unspecified atom stereocenters. The number of anilines is 1. The minimum atomic E-state index is -2.77. The number of non-ortho nitro benzene ring substituents is 1. The molecule has 0 saturated heterocycles. The molecule has 0 aliphatic rings. The van der Waals surface area contributed by atoms with E-state index in [4.69, 9.17) is 0 Å². The van der Waals surface area contributed by atoms with Gasteiger partial charge in [0.15, 0.2) is 0 Å². The molecule has 0 spiro atoms. The van der Waals surface area contributed by atoms with Crippen molar-refractivity contribution in [1.82, 2.24) is 0 Å². The van der Waals surface area contributed by atoms with Crippen molar-refractivity contribution in [2.75, 3.05) is 5.32 Å². The van der Waals surface area contributed by atoms with Gasteiger partial charge in [0.25, 0.3) is 12.1 Å². The Hall–Kier alpha value is -1.54. The van der Waals surface area contributed by atoms with Gasteiger partial charge in [-0.2, -0.15) is 0 Å². The van der Waals surface area contributed by atoms with Crippen molar-refractivity contribution >= 4 is 38.6 Å². The molecule has 0 aliphatic heterocycles. The summed E-state index contributed by atoms with van der Waals surface area (Å²) in [5.41, 5.74) is -0.505. The summed E-state index contributed by atoms with van der Waals surface area (Å²) in [6, 6.07) is 5.29. The predicted octanol–water partition coefficient (Wildman–Crippen LogP) is 4.97. The number of hydrogen-bond acceptors (Lipinski definition) is 4. The largest absolute Gasteiger partial charge is 0.380 e. The quantitative estimate of drug-likeness (QED) is 0.603. The van der Waals surface area contributed by atoms with Crippen molar-refractivity contribution in [2.24, 2.45) is 0 Å². The molecule has 20 heavy (non-hydrogen) atoms. The van der Waals surface area contributed by atoms with Crippen LogP contribution in [0.1, 0.15) is 16.9 Å². The van der Waals surface area contributed by atoms with Crippen LogP contribution in [0.2, 0.25) is 0 Å². The highest BCUT2D eigenvalue weighted by Gasteiger charge is 2.17. The molecular weight excluding hydrogens is 354 g/mol. The van der Waals surface area contributed by atoms with Gasteiger partial charge in [-0.3, -0.25) is 10.1 Å². The number of nitro groups is 1. The Kier molecular flexibility index (Phi) is 4.66. The lowest BCUT2D eigenvalue weighted by atomic mass is 10.1. The van der Waals surface area contributed by atoms with Crippen molar-refractivity contribution in [2.45, 2.75) is 13.0 Å². The zero-order chi connectivity index (χ0) is 14.7. The van der Waals surface area contributed by atoms with Crippen LogP contribution in [0, 0.1) is 10.1 Å². The van der Waals surface area contributed by atoms with Crippen LogP contribution < -0.4 is 5.32 Å². The van der Waals surface area contributed by atoms with Crippen LogP contribution in [0.25, 0.3) is 0 Å². The van der Waals surface area contributed by atoms with Gasteiger partial charge in [-0.05, 0) is 28.1 Å². The minimum absolute atomic E-state index is 0.204. The second-order valence-corrected chi connectivity index (χ2v) is 5.83.